The number of nitrogens with one attached hydrogen (secondary N) is 1. The summed E-state index contributed by atoms with van der Waals surface area (Å²) in [4.78, 5) is 18.2. The van der Waals surface area contributed by atoms with E-state index in [1.165, 1.54) is 5.69 Å². The Kier molecular flexibility index (Phi) is 3.77. The van der Waals surface area contributed by atoms with E-state index < -0.39 is 0 Å². The second-order valence-electron chi connectivity index (χ2n) is 5.42. The van der Waals surface area contributed by atoms with Gasteiger partial charge in [-0.15, -0.1) is 0 Å². The van der Waals surface area contributed by atoms with Crippen LogP contribution in [0.4, 0.5) is 10.5 Å². The SMILES string of the molecule is Cn1cc(N2CCN(CCN3CCNC3=O)CC2)cn1. The smallest absolute Gasteiger partial charge is 0.317 e. The largest absolute Gasteiger partial charge is 0.366 e. The average molecular weight is 278 g/mol. The number of hydrogen-bond acceptors (Lipinski definition) is 4. The molecule has 2 aliphatic heterocycles. The minimum Gasteiger partial charge on any atom is -0.366 e. The standard InChI is InChI=1S/C13H22N6O/c1-16-11-12(10-15-16)18-7-4-17(5-8-18)6-9-19-3-2-14-13(19)20/h10-11H,2-9H2,1H3,(H,14,20). The molecule has 1 aromatic rings. The Hall–Kier alpha value is -1.76. The first-order valence-corrected chi connectivity index (χ1v) is 7.21. The Morgan fingerprint density at radius 1 is 1.20 bits per heavy atom. The number of rotatable bonds is 4. The highest BCUT2D eigenvalue weighted by Crippen LogP contribution is 2.14. The quantitative estimate of drug-likeness (QED) is 0.812. The molecule has 1 N–H and O–H groups in total. The van der Waals surface area contributed by atoms with Crippen molar-refractivity contribution >= 4 is 11.7 Å². The highest BCUT2D eigenvalue weighted by molar-refractivity contribution is 5.76. The average Bonchev–Trinajstić information content (AvgIpc) is 3.06. The minimum absolute atomic E-state index is 0.0824. The van der Waals surface area contributed by atoms with Crippen LogP contribution in [0.1, 0.15) is 0 Å². The number of urea groups is 1. The van der Waals surface area contributed by atoms with E-state index >= 15 is 0 Å². The van der Waals surface area contributed by atoms with Gasteiger partial charge < -0.3 is 15.1 Å². The third-order valence-electron chi connectivity index (χ3n) is 4.06. The highest BCUT2D eigenvalue weighted by atomic mass is 16.2. The molecule has 0 bridgehead atoms. The van der Waals surface area contributed by atoms with Crippen LogP contribution in [0.15, 0.2) is 12.4 Å². The van der Waals surface area contributed by atoms with Crippen LogP contribution in [0, 0.1) is 0 Å². The zero-order valence-electron chi connectivity index (χ0n) is 12.0. The number of nitrogens with zero attached hydrogens (tertiary/aromatic N) is 5. The summed E-state index contributed by atoms with van der Waals surface area (Å²) in [5, 5.41) is 7.06. The maximum absolute atomic E-state index is 11.5. The van der Waals surface area contributed by atoms with Crippen LogP contribution < -0.4 is 10.2 Å². The molecule has 3 rings (SSSR count). The summed E-state index contributed by atoms with van der Waals surface area (Å²) in [7, 11) is 1.95. The number of aromatic nitrogens is 2. The zero-order chi connectivity index (χ0) is 13.9. The minimum atomic E-state index is 0.0824. The topological polar surface area (TPSA) is 56.6 Å². The van der Waals surface area contributed by atoms with Gasteiger partial charge in [-0.05, 0) is 0 Å². The van der Waals surface area contributed by atoms with E-state index in [-0.39, 0.29) is 6.03 Å². The lowest BCUT2D eigenvalue weighted by Crippen LogP contribution is -2.48. The van der Waals surface area contributed by atoms with E-state index in [0.29, 0.717) is 0 Å². The van der Waals surface area contributed by atoms with Gasteiger partial charge in [-0.25, -0.2) is 4.79 Å². The Labute approximate surface area is 119 Å². The van der Waals surface area contributed by atoms with E-state index in [2.05, 4.69) is 26.4 Å². The van der Waals surface area contributed by atoms with E-state index in [1.54, 1.807) is 0 Å². The van der Waals surface area contributed by atoms with Gasteiger partial charge in [0.1, 0.15) is 0 Å². The van der Waals surface area contributed by atoms with Gasteiger partial charge in [0.15, 0.2) is 0 Å². The van der Waals surface area contributed by atoms with Crippen molar-refractivity contribution < 1.29 is 4.79 Å². The maximum Gasteiger partial charge on any atom is 0.317 e. The molecule has 3 heterocycles. The summed E-state index contributed by atoms with van der Waals surface area (Å²) in [6.07, 6.45) is 3.98. The third kappa shape index (κ3) is 2.87. The van der Waals surface area contributed by atoms with E-state index in [1.807, 2.05) is 22.8 Å². The van der Waals surface area contributed by atoms with E-state index in [0.717, 1.165) is 52.4 Å². The molecule has 0 saturated carbocycles. The Morgan fingerprint density at radius 3 is 2.60 bits per heavy atom. The van der Waals surface area contributed by atoms with Crippen molar-refractivity contribution in [1.82, 2.24) is 24.9 Å². The molecule has 0 aliphatic carbocycles. The van der Waals surface area contributed by atoms with Crippen molar-refractivity contribution in [2.75, 3.05) is 57.3 Å². The third-order valence-corrected chi connectivity index (χ3v) is 4.06. The molecule has 1 aromatic heterocycles. The molecule has 2 amide bonds. The lowest BCUT2D eigenvalue weighted by molar-refractivity contribution is 0.197. The summed E-state index contributed by atoms with van der Waals surface area (Å²) in [6, 6.07) is 0.0824. The molecule has 20 heavy (non-hydrogen) atoms. The lowest BCUT2D eigenvalue weighted by atomic mass is 10.3. The number of carbonyl (C=O) groups excluding carboxylic acids is 1. The van der Waals surface area contributed by atoms with Crippen LogP contribution in [-0.4, -0.2) is 78.0 Å². The molecule has 0 spiro atoms. The first-order valence-electron chi connectivity index (χ1n) is 7.21. The number of hydrogen-bond donors (Lipinski definition) is 1. The Morgan fingerprint density at radius 2 is 2.00 bits per heavy atom. The molecule has 0 unspecified atom stereocenters. The summed E-state index contributed by atoms with van der Waals surface area (Å²) >= 11 is 0. The lowest BCUT2D eigenvalue weighted by Gasteiger charge is -2.35. The molecular weight excluding hydrogens is 256 g/mol. The highest BCUT2D eigenvalue weighted by Gasteiger charge is 2.22. The van der Waals surface area contributed by atoms with Crippen LogP contribution in [0.25, 0.3) is 0 Å². The molecule has 110 valence electrons. The van der Waals surface area contributed by atoms with Crippen molar-refractivity contribution in [3.63, 3.8) is 0 Å². The molecular formula is C13H22N6O. The van der Waals surface area contributed by atoms with Crippen molar-refractivity contribution in [2.45, 2.75) is 0 Å². The number of piperazine rings is 1. The first-order chi connectivity index (χ1) is 9.72. The fraction of sp³-hybridized carbons (Fsp3) is 0.692. The summed E-state index contributed by atoms with van der Waals surface area (Å²) in [5.74, 6) is 0. The maximum atomic E-state index is 11.5. The molecule has 2 aliphatic rings. The second-order valence-corrected chi connectivity index (χ2v) is 5.42. The van der Waals surface area contributed by atoms with Crippen molar-refractivity contribution in [3.8, 4) is 0 Å². The predicted molar refractivity (Wildman–Crippen MR) is 76.8 cm³/mol. The van der Waals surface area contributed by atoms with Gasteiger partial charge in [-0.1, -0.05) is 0 Å². The summed E-state index contributed by atoms with van der Waals surface area (Å²) in [6.45, 7) is 7.57. The van der Waals surface area contributed by atoms with Gasteiger partial charge in [-0.3, -0.25) is 9.58 Å². The van der Waals surface area contributed by atoms with Gasteiger partial charge in [-0.2, -0.15) is 5.10 Å². The number of anilines is 1. The van der Waals surface area contributed by atoms with Gasteiger partial charge >= 0.3 is 6.03 Å². The van der Waals surface area contributed by atoms with E-state index in [4.69, 9.17) is 0 Å². The van der Waals surface area contributed by atoms with Crippen LogP contribution in [-0.2, 0) is 7.05 Å². The number of carbonyl (C=O) groups is 1. The Balaban J connectivity index is 1.43. The monoisotopic (exact) mass is 278 g/mol. The predicted octanol–water partition coefficient (Wildman–Crippen LogP) is -0.433. The van der Waals surface area contributed by atoms with Crippen molar-refractivity contribution in [3.05, 3.63) is 12.4 Å². The van der Waals surface area contributed by atoms with Crippen LogP contribution in [0.3, 0.4) is 0 Å². The summed E-state index contributed by atoms with van der Waals surface area (Å²) < 4.78 is 1.84. The molecule has 7 heteroatoms. The van der Waals surface area contributed by atoms with Crippen molar-refractivity contribution in [2.24, 2.45) is 7.05 Å². The van der Waals surface area contributed by atoms with Gasteiger partial charge in [0.05, 0.1) is 11.9 Å². The molecule has 0 atom stereocenters. The Bertz CT molecular complexity index is 465. The first kappa shape index (κ1) is 13.2. The normalized spacial score (nSPS) is 20.6. The molecule has 0 radical (unpaired) electrons. The van der Waals surface area contributed by atoms with Gasteiger partial charge in [0.2, 0.25) is 0 Å². The molecule has 2 saturated heterocycles. The number of amides is 2. The van der Waals surface area contributed by atoms with Crippen LogP contribution in [0.2, 0.25) is 0 Å². The fourth-order valence-corrected chi connectivity index (χ4v) is 2.79. The summed E-state index contributed by atoms with van der Waals surface area (Å²) in [5.41, 5.74) is 1.20. The molecule has 2 fully saturated rings. The van der Waals surface area contributed by atoms with Crippen LogP contribution in [0.5, 0.6) is 0 Å². The molecule has 7 nitrogen and oxygen atoms in total. The van der Waals surface area contributed by atoms with Gasteiger partial charge in [0.25, 0.3) is 0 Å². The van der Waals surface area contributed by atoms with E-state index in [9.17, 15) is 4.79 Å². The molecule has 0 aromatic carbocycles. The zero-order valence-corrected chi connectivity index (χ0v) is 12.0. The van der Waals surface area contributed by atoms with Gasteiger partial charge in [0, 0.05) is 65.6 Å². The van der Waals surface area contributed by atoms with Crippen molar-refractivity contribution in [1.29, 1.82) is 0 Å². The fourth-order valence-electron chi connectivity index (χ4n) is 2.79. The number of aryl methyl sites for hydroxylation is 1. The second kappa shape index (κ2) is 5.70. The van der Waals surface area contributed by atoms with Crippen LogP contribution >= 0.6 is 0 Å².